The molecule has 0 heterocycles. The molecule has 254 valence electrons. The van der Waals surface area contributed by atoms with Gasteiger partial charge >= 0.3 is 6.09 Å². The fraction of sp³-hybridized carbons (Fsp3) is 0.649. The van der Waals surface area contributed by atoms with Crippen molar-refractivity contribution in [3.05, 3.63) is 59.7 Å². The molecule has 2 aromatic rings. The van der Waals surface area contributed by atoms with E-state index < -0.39 is 23.8 Å². The molecule has 2 N–H and O–H groups in total. The topological polar surface area (TPSA) is 95.5 Å². The van der Waals surface area contributed by atoms with Gasteiger partial charge in [-0.2, -0.15) is 0 Å². The second-order valence-electron chi connectivity index (χ2n) is 13.7. The first-order valence-electron chi connectivity index (χ1n) is 16.4. The Morgan fingerprint density at radius 3 is 2.16 bits per heavy atom. The highest BCUT2D eigenvalue weighted by molar-refractivity contribution is 5.68. The van der Waals surface area contributed by atoms with Gasteiger partial charge in [-0.1, -0.05) is 64.1 Å². The maximum absolute atomic E-state index is 13.0. The number of carbonyl (C=O) groups excluding carboxylic acids is 1. The quantitative estimate of drug-likeness (QED) is 0.147. The van der Waals surface area contributed by atoms with E-state index in [-0.39, 0.29) is 11.8 Å². The minimum absolute atomic E-state index is 0.114. The Balaban J connectivity index is 2.21. The van der Waals surface area contributed by atoms with E-state index in [0.717, 1.165) is 24.0 Å². The third-order valence-corrected chi connectivity index (χ3v) is 8.07. The molecule has 0 aliphatic carbocycles. The first-order valence-corrected chi connectivity index (χ1v) is 16.4. The number of methoxy groups -OCH3 is 2. The number of aliphatic hydroxyl groups excluding tert-OH is 1. The zero-order valence-electron chi connectivity index (χ0n) is 29.1. The summed E-state index contributed by atoms with van der Waals surface area (Å²) < 4.78 is 28.4. The molecule has 0 bridgehead atoms. The standard InChI is InChI=1S/C37H59NO7/c1-26(2)30(20-29-16-17-34(42-9)35(21-29)44-19-13-18-41-8)22-32(38-36(40)45-37(5,6)7)33(39)23-31(27(3)4)25-43-24-28-14-11-10-12-15-28/h10-12,14-17,21,26-27,30-33,39H,13,18-20,22-25H2,1-9H3,(H,38,40). The highest BCUT2D eigenvalue weighted by atomic mass is 16.6. The van der Waals surface area contributed by atoms with E-state index in [1.165, 1.54) is 0 Å². The van der Waals surface area contributed by atoms with Crippen LogP contribution in [-0.4, -0.2) is 63.0 Å². The molecule has 0 aromatic heterocycles. The average Bonchev–Trinajstić information content (AvgIpc) is 2.97. The molecule has 0 aliphatic heterocycles. The van der Waals surface area contributed by atoms with Crippen LogP contribution in [0, 0.1) is 23.7 Å². The third kappa shape index (κ3) is 14.9. The van der Waals surface area contributed by atoms with Gasteiger partial charge in [0.15, 0.2) is 11.5 Å². The number of rotatable bonds is 20. The number of nitrogens with one attached hydrogen (secondary N) is 1. The molecule has 1 amide bonds. The molecule has 4 atom stereocenters. The van der Waals surface area contributed by atoms with E-state index >= 15 is 0 Å². The van der Waals surface area contributed by atoms with Crippen LogP contribution in [0.25, 0.3) is 0 Å². The van der Waals surface area contributed by atoms with Crippen molar-refractivity contribution in [3.8, 4) is 11.5 Å². The van der Waals surface area contributed by atoms with Crippen LogP contribution in [0.15, 0.2) is 48.5 Å². The predicted octanol–water partition coefficient (Wildman–Crippen LogP) is 7.45. The molecule has 2 rings (SSSR count). The van der Waals surface area contributed by atoms with Crippen LogP contribution in [0.1, 0.15) is 78.9 Å². The van der Waals surface area contributed by atoms with Crippen LogP contribution < -0.4 is 14.8 Å². The number of hydrogen-bond acceptors (Lipinski definition) is 7. The molecule has 0 saturated heterocycles. The lowest BCUT2D eigenvalue weighted by atomic mass is 9.81. The summed E-state index contributed by atoms with van der Waals surface area (Å²) in [5, 5.41) is 14.7. The number of benzene rings is 2. The lowest BCUT2D eigenvalue weighted by Gasteiger charge is -2.33. The van der Waals surface area contributed by atoms with Crippen molar-refractivity contribution in [2.24, 2.45) is 23.7 Å². The Morgan fingerprint density at radius 1 is 0.867 bits per heavy atom. The molecule has 45 heavy (non-hydrogen) atoms. The van der Waals surface area contributed by atoms with E-state index in [2.05, 4.69) is 39.1 Å². The highest BCUT2D eigenvalue weighted by Gasteiger charge is 2.31. The summed E-state index contributed by atoms with van der Waals surface area (Å²) in [6, 6.07) is 15.6. The highest BCUT2D eigenvalue weighted by Crippen LogP contribution is 2.32. The van der Waals surface area contributed by atoms with Gasteiger partial charge in [-0.15, -0.1) is 0 Å². The number of carbonyl (C=O) groups is 1. The monoisotopic (exact) mass is 629 g/mol. The molecule has 2 aromatic carbocycles. The maximum Gasteiger partial charge on any atom is 0.407 e. The van der Waals surface area contributed by atoms with Gasteiger partial charge in [-0.3, -0.25) is 0 Å². The molecule has 8 heteroatoms. The average molecular weight is 630 g/mol. The molecule has 0 spiro atoms. The van der Waals surface area contributed by atoms with Crippen LogP contribution >= 0.6 is 0 Å². The summed E-state index contributed by atoms with van der Waals surface area (Å²) in [7, 11) is 3.32. The van der Waals surface area contributed by atoms with Crippen molar-refractivity contribution in [1.29, 1.82) is 0 Å². The lowest BCUT2D eigenvalue weighted by Crippen LogP contribution is -2.48. The van der Waals surface area contributed by atoms with E-state index in [9.17, 15) is 9.90 Å². The summed E-state index contributed by atoms with van der Waals surface area (Å²) in [6.45, 7) is 16.4. The minimum Gasteiger partial charge on any atom is -0.493 e. The number of aliphatic hydroxyl groups is 1. The SMILES string of the molecule is COCCCOc1cc(CC(CC(NC(=O)OC(C)(C)C)C(O)CC(COCc2ccccc2)C(C)C)C(C)C)ccc1OC. The number of ether oxygens (including phenoxy) is 5. The van der Waals surface area contributed by atoms with Crippen LogP contribution in [0.2, 0.25) is 0 Å². The molecular weight excluding hydrogens is 570 g/mol. The smallest absolute Gasteiger partial charge is 0.407 e. The fourth-order valence-electron chi connectivity index (χ4n) is 5.25. The molecule has 0 aliphatic rings. The molecule has 8 nitrogen and oxygen atoms in total. The molecule has 4 unspecified atom stereocenters. The zero-order valence-corrected chi connectivity index (χ0v) is 29.1. The third-order valence-electron chi connectivity index (χ3n) is 8.07. The number of hydrogen-bond donors (Lipinski definition) is 2. The first-order chi connectivity index (χ1) is 21.3. The van der Waals surface area contributed by atoms with Gasteiger partial charge in [0.2, 0.25) is 0 Å². The minimum atomic E-state index is -0.776. The van der Waals surface area contributed by atoms with E-state index in [0.29, 0.717) is 62.6 Å². The van der Waals surface area contributed by atoms with Gasteiger partial charge in [0.25, 0.3) is 0 Å². The van der Waals surface area contributed by atoms with Crippen molar-refractivity contribution in [2.45, 2.75) is 98.5 Å². The van der Waals surface area contributed by atoms with Crippen LogP contribution in [-0.2, 0) is 27.2 Å². The van der Waals surface area contributed by atoms with Gasteiger partial charge in [0.1, 0.15) is 5.60 Å². The summed E-state index contributed by atoms with van der Waals surface area (Å²) in [5.74, 6) is 2.26. The molecular formula is C37H59NO7. The van der Waals surface area contributed by atoms with Crippen LogP contribution in [0.4, 0.5) is 4.79 Å². The predicted molar refractivity (Wildman–Crippen MR) is 180 cm³/mol. The van der Waals surface area contributed by atoms with Crippen molar-refractivity contribution >= 4 is 6.09 Å². The molecule has 0 radical (unpaired) electrons. The Hall–Kier alpha value is -2.81. The molecule has 0 saturated carbocycles. The number of amides is 1. The van der Waals surface area contributed by atoms with Gasteiger partial charge in [0, 0.05) is 20.1 Å². The van der Waals surface area contributed by atoms with Gasteiger partial charge in [-0.25, -0.2) is 4.79 Å². The summed E-state index contributed by atoms with van der Waals surface area (Å²) in [6.07, 6.45) is 1.32. The fourth-order valence-corrected chi connectivity index (χ4v) is 5.25. The van der Waals surface area contributed by atoms with Gasteiger partial charge < -0.3 is 34.1 Å². The lowest BCUT2D eigenvalue weighted by molar-refractivity contribution is 0.0174. The first kappa shape index (κ1) is 38.4. The maximum atomic E-state index is 13.0. The van der Waals surface area contributed by atoms with E-state index in [1.54, 1.807) is 14.2 Å². The summed E-state index contributed by atoms with van der Waals surface area (Å²) in [5.41, 5.74) is 1.58. The van der Waals surface area contributed by atoms with E-state index in [4.69, 9.17) is 23.7 Å². The number of alkyl carbamates (subject to hydrolysis) is 1. The summed E-state index contributed by atoms with van der Waals surface area (Å²) >= 11 is 0. The Morgan fingerprint density at radius 2 is 1.56 bits per heavy atom. The summed E-state index contributed by atoms with van der Waals surface area (Å²) in [4.78, 5) is 13.0. The van der Waals surface area contributed by atoms with Gasteiger partial charge in [0.05, 0.1) is 39.1 Å². The van der Waals surface area contributed by atoms with Crippen LogP contribution in [0.5, 0.6) is 11.5 Å². The normalized spacial score (nSPS) is 14.6. The Labute approximate surface area is 272 Å². The van der Waals surface area contributed by atoms with Crippen molar-refractivity contribution in [1.82, 2.24) is 5.32 Å². The van der Waals surface area contributed by atoms with Crippen molar-refractivity contribution in [2.75, 3.05) is 34.0 Å². The zero-order chi connectivity index (χ0) is 33.4. The van der Waals surface area contributed by atoms with Gasteiger partial charge in [-0.05, 0) is 87.0 Å². The second kappa shape index (κ2) is 19.6. The Kier molecular flexibility index (Phi) is 16.8. The van der Waals surface area contributed by atoms with Crippen LogP contribution in [0.3, 0.4) is 0 Å². The van der Waals surface area contributed by atoms with Crippen molar-refractivity contribution in [3.63, 3.8) is 0 Å². The largest absolute Gasteiger partial charge is 0.493 e. The van der Waals surface area contributed by atoms with Crippen molar-refractivity contribution < 1.29 is 33.6 Å². The molecule has 0 fully saturated rings. The Bertz CT molecular complexity index is 1100. The van der Waals surface area contributed by atoms with E-state index in [1.807, 2.05) is 63.2 Å². The second-order valence-corrected chi connectivity index (χ2v) is 13.7.